The molecule has 0 spiro atoms. The molecule has 104 valence electrons. The number of rotatable bonds is 3. The van der Waals surface area contributed by atoms with E-state index in [0.29, 0.717) is 11.1 Å². The van der Waals surface area contributed by atoms with Gasteiger partial charge in [-0.2, -0.15) is 18.3 Å². The molecule has 1 heterocycles. The monoisotopic (exact) mass is 280 g/mol. The van der Waals surface area contributed by atoms with Gasteiger partial charge in [0, 0.05) is 13.2 Å². The molecule has 6 heteroatoms. The minimum atomic E-state index is -4.35. The third-order valence-electron chi connectivity index (χ3n) is 2.65. The van der Waals surface area contributed by atoms with E-state index in [-0.39, 0.29) is 5.78 Å². The molecule has 0 aliphatic heterocycles. The van der Waals surface area contributed by atoms with E-state index >= 15 is 0 Å². The summed E-state index contributed by atoms with van der Waals surface area (Å²) in [7, 11) is 1.69. The van der Waals surface area contributed by atoms with Crippen LogP contribution in [0.3, 0.4) is 0 Å². The summed E-state index contributed by atoms with van der Waals surface area (Å²) < 4.78 is 38.6. The van der Waals surface area contributed by atoms with Crippen molar-refractivity contribution in [3.63, 3.8) is 0 Å². The third-order valence-corrected chi connectivity index (χ3v) is 2.65. The highest BCUT2D eigenvalue weighted by Crippen LogP contribution is 2.29. The Morgan fingerprint density at radius 1 is 1.25 bits per heavy atom. The van der Waals surface area contributed by atoms with Crippen LogP contribution in [0.4, 0.5) is 13.2 Å². The number of aromatic nitrogens is 2. The van der Waals surface area contributed by atoms with Gasteiger partial charge in [0.25, 0.3) is 0 Å². The lowest BCUT2D eigenvalue weighted by molar-refractivity contribution is -0.137. The molecule has 0 saturated heterocycles. The number of carbonyl (C=O) groups is 1. The lowest BCUT2D eigenvalue weighted by atomic mass is 10.1. The molecule has 0 aliphatic rings. The Hall–Kier alpha value is -2.37. The molecular formula is C14H11F3N2O. The lowest BCUT2D eigenvalue weighted by Crippen LogP contribution is -2.04. The highest BCUT2D eigenvalue weighted by Gasteiger charge is 2.29. The second-order valence-electron chi connectivity index (χ2n) is 4.22. The fourth-order valence-electron chi connectivity index (χ4n) is 1.60. The fraction of sp³-hybridized carbons (Fsp3) is 0.143. The Labute approximate surface area is 113 Å². The molecule has 0 saturated carbocycles. The van der Waals surface area contributed by atoms with Crippen LogP contribution >= 0.6 is 0 Å². The summed E-state index contributed by atoms with van der Waals surface area (Å²) in [5.41, 5.74) is 0.235. The zero-order chi connectivity index (χ0) is 14.8. The van der Waals surface area contributed by atoms with Crippen LogP contribution in [0.25, 0.3) is 6.08 Å². The third kappa shape index (κ3) is 3.34. The van der Waals surface area contributed by atoms with Gasteiger partial charge in [0.05, 0.1) is 17.3 Å². The highest BCUT2D eigenvalue weighted by molar-refractivity contribution is 6.06. The zero-order valence-electron chi connectivity index (χ0n) is 10.6. The largest absolute Gasteiger partial charge is 0.416 e. The standard InChI is InChI=1S/C14H11F3N2O/c1-19-9-11(8-18-19)13(20)7-4-10-2-5-12(6-3-10)14(15,16)17/h2-9H,1H3/b7-4+. The maximum absolute atomic E-state index is 12.4. The Morgan fingerprint density at radius 2 is 1.90 bits per heavy atom. The topological polar surface area (TPSA) is 34.9 Å². The molecule has 0 aliphatic carbocycles. The van der Waals surface area contributed by atoms with Gasteiger partial charge in [-0.05, 0) is 23.8 Å². The van der Waals surface area contributed by atoms with E-state index in [9.17, 15) is 18.0 Å². The number of hydrogen-bond acceptors (Lipinski definition) is 2. The maximum Gasteiger partial charge on any atom is 0.416 e. The van der Waals surface area contributed by atoms with Gasteiger partial charge in [0.2, 0.25) is 0 Å². The summed E-state index contributed by atoms with van der Waals surface area (Å²) in [4.78, 5) is 11.7. The summed E-state index contributed by atoms with van der Waals surface area (Å²) in [6, 6.07) is 4.59. The lowest BCUT2D eigenvalue weighted by Gasteiger charge is -2.05. The average molecular weight is 280 g/mol. The van der Waals surface area contributed by atoms with E-state index < -0.39 is 11.7 Å². The smallest absolute Gasteiger partial charge is 0.289 e. The molecule has 0 unspecified atom stereocenters. The van der Waals surface area contributed by atoms with Gasteiger partial charge in [-0.3, -0.25) is 9.48 Å². The molecule has 0 radical (unpaired) electrons. The van der Waals surface area contributed by atoms with Crippen molar-refractivity contribution in [1.29, 1.82) is 0 Å². The maximum atomic E-state index is 12.4. The summed E-state index contributed by atoms with van der Waals surface area (Å²) in [5.74, 6) is -0.252. The van der Waals surface area contributed by atoms with Crippen LogP contribution in [0.1, 0.15) is 21.5 Å². The van der Waals surface area contributed by atoms with Gasteiger partial charge in [-0.15, -0.1) is 0 Å². The van der Waals surface area contributed by atoms with Crippen molar-refractivity contribution in [2.24, 2.45) is 7.05 Å². The Kier molecular flexibility index (Phi) is 3.74. The summed E-state index contributed by atoms with van der Waals surface area (Å²) in [6.07, 6.45) is 1.42. The molecule has 0 amide bonds. The normalized spacial score (nSPS) is 12.0. The Morgan fingerprint density at radius 3 is 2.40 bits per heavy atom. The number of halogens is 3. The summed E-state index contributed by atoms with van der Waals surface area (Å²) in [6.45, 7) is 0. The quantitative estimate of drug-likeness (QED) is 0.638. The molecule has 0 atom stereocenters. The van der Waals surface area contributed by atoms with Crippen LogP contribution in [0, 0.1) is 0 Å². The van der Waals surface area contributed by atoms with Gasteiger partial charge in [0.1, 0.15) is 0 Å². The van der Waals surface area contributed by atoms with E-state index in [0.717, 1.165) is 12.1 Å². The first-order valence-electron chi connectivity index (χ1n) is 5.74. The minimum absolute atomic E-state index is 0.252. The van der Waals surface area contributed by atoms with Crippen LogP contribution in [-0.4, -0.2) is 15.6 Å². The van der Waals surface area contributed by atoms with Crippen molar-refractivity contribution < 1.29 is 18.0 Å². The second kappa shape index (κ2) is 5.32. The van der Waals surface area contributed by atoms with Crippen molar-refractivity contribution >= 4 is 11.9 Å². The van der Waals surface area contributed by atoms with Crippen LogP contribution in [0.5, 0.6) is 0 Å². The van der Waals surface area contributed by atoms with E-state index in [1.54, 1.807) is 13.2 Å². The van der Waals surface area contributed by atoms with Gasteiger partial charge < -0.3 is 0 Å². The first kappa shape index (κ1) is 14.0. The number of hydrogen-bond donors (Lipinski definition) is 0. The highest BCUT2D eigenvalue weighted by atomic mass is 19.4. The molecule has 0 N–H and O–H groups in total. The molecule has 1 aromatic heterocycles. The van der Waals surface area contributed by atoms with Gasteiger partial charge in [0.15, 0.2) is 5.78 Å². The summed E-state index contributed by atoms with van der Waals surface area (Å²) >= 11 is 0. The molecular weight excluding hydrogens is 269 g/mol. The number of aryl methyl sites for hydroxylation is 1. The van der Waals surface area contributed by atoms with E-state index in [1.165, 1.54) is 35.2 Å². The van der Waals surface area contributed by atoms with Crippen LogP contribution in [0.15, 0.2) is 42.7 Å². The van der Waals surface area contributed by atoms with Crippen LogP contribution in [-0.2, 0) is 13.2 Å². The molecule has 0 fully saturated rings. The molecule has 2 aromatic rings. The number of carbonyl (C=O) groups excluding carboxylic acids is 1. The minimum Gasteiger partial charge on any atom is -0.289 e. The van der Waals surface area contributed by atoms with E-state index in [2.05, 4.69) is 5.10 Å². The van der Waals surface area contributed by atoms with Crippen molar-refractivity contribution in [1.82, 2.24) is 9.78 Å². The summed E-state index contributed by atoms with van der Waals surface area (Å²) in [5, 5.41) is 3.87. The fourth-order valence-corrected chi connectivity index (χ4v) is 1.60. The Bertz CT molecular complexity index is 639. The van der Waals surface area contributed by atoms with Crippen molar-refractivity contribution in [2.75, 3.05) is 0 Å². The average Bonchev–Trinajstić information content (AvgIpc) is 2.82. The Balaban J connectivity index is 2.10. The predicted octanol–water partition coefficient (Wildman–Crippen LogP) is 3.34. The van der Waals surface area contributed by atoms with E-state index in [4.69, 9.17) is 0 Å². The zero-order valence-corrected chi connectivity index (χ0v) is 10.6. The van der Waals surface area contributed by atoms with Crippen molar-refractivity contribution in [2.45, 2.75) is 6.18 Å². The van der Waals surface area contributed by atoms with E-state index in [1.807, 2.05) is 0 Å². The van der Waals surface area contributed by atoms with Gasteiger partial charge >= 0.3 is 6.18 Å². The first-order valence-corrected chi connectivity index (χ1v) is 5.74. The number of nitrogens with zero attached hydrogens (tertiary/aromatic N) is 2. The molecule has 0 bridgehead atoms. The number of benzene rings is 1. The second-order valence-corrected chi connectivity index (χ2v) is 4.22. The number of alkyl halides is 3. The number of allylic oxidation sites excluding steroid dienone is 1. The van der Waals surface area contributed by atoms with Gasteiger partial charge in [-0.25, -0.2) is 0 Å². The van der Waals surface area contributed by atoms with Crippen molar-refractivity contribution in [3.05, 3.63) is 59.4 Å². The van der Waals surface area contributed by atoms with Crippen LogP contribution < -0.4 is 0 Å². The molecule has 2 rings (SSSR count). The number of ketones is 1. The van der Waals surface area contributed by atoms with Gasteiger partial charge in [-0.1, -0.05) is 18.2 Å². The van der Waals surface area contributed by atoms with Crippen LogP contribution in [0.2, 0.25) is 0 Å². The SMILES string of the molecule is Cn1cc(C(=O)/C=C/c2ccc(C(F)(F)F)cc2)cn1. The molecule has 20 heavy (non-hydrogen) atoms. The van der Waals surface area contributed by atoms with Crippen molar-refractivity contribution in [3.8, 4) is 0 Å². The first-order chi connectivity index (χ1) is 9.36. The predicted molar refractivity (Wildman–Crippen MR) is 68.0 cm³/mol. The molecule has 1 aromatic carbocycles. The molecule has 3 nitrogen and oxygen atoms in total.